The van der Waals surface area contributed by atoms with Gasteiger partial charge in [0.05, 0.1) is 11.5 Å². The van der Waals surface area contributed by atoms with Gasteiger partial charge in [0.15, 0.2) is 11.6 Å². The summed E-state index contributed by atoms with van der Waals surface area (Å²) in [5.41, 5.74) is -2.14. The number of ether oxygens (including phenoxy) is 1. The molecular weight excluding hydrogens is 320 g/mol. The van der Waals surface area contributed by atoms with Gasteiger partial charge in [0.25, 0.3) is 0 Å². The third-order valence-electron chi connectivity index (χ3n) is 3.96. The second kappa shape index (κ2) is 6.37. The van der Waals surface area contributed by atoms with E-state index < -0.39 is 34.8 Å². The highest BCUT2D eigenvalue weighted by atomic mass is 19.2. The maximum atomic E-state index is 13.4. The lowest BCUT2D eigenvalue weighted by Crippen LogP contribution is -2.60. The summed E-state index contributed by atoms with van der Waals surface area (Å²) in [7, 11) is 0. The summed E-state index contributed by atoms with van der Waals surface area (Å²) in [6.07, 6.45) is -0.317. The Hall–Kier alpha value is -2.18. The molecule has 5 nitrogen and oxygen atoms in total. The first kappa shape index (κ1) is 18.2. The highest BCUT2D eigenvalue weighted by Gasteiger charge is 2.46. The second-order valence-electron chi connectivity index (χ2n) is 6.98. The molecule has 1 saturated heterocycles. The number of halogens is 2. The van der Waals surface area contributed by atoms with Gasteiger partial charge in [-0.15, -0.1) is 0 Å². The molecule has 1 heterocycles. The van der Waals surface area contributed by atoms with Crippen LogP contribution in [0.4, 0.5) is 13.6 Å². The molecule has 0 saturated carbocycles. The number of hydrogen-bond donors (Lipinski definition) is 0. The number of nitrogens with zero attached hydrogens (tertiary/aromatic N) is 1. The first-order valence-electron chi connectivity index (χ1n) is 7.71. The van der Waals surface area contributed by atoms with Crippen molar-refractivity contribution in [2.75, 3.05) is 6.54 Å². The van der Waals surface area contributed by atoms with E-state index in [1.54, 1.807) is 20.8 Å². The van der Waals surface area contributed by atoms with Crippen LogP contribution in [0.3, 0.4) is 0 Å². The summed E-state index contributed by atoms with van der Waals surface area (Å²) in [4.78, 5) is 25.3. The molecule has 132 valence electrons. The zero-order valence-corrected chi connectivity index (χ0v) is 13.9. The zero-order chi connectivity index (χ0) is 18.1. The number of benzene rings is 1. The highest BCUT2D eigenvalue weighted by molar-refractivity contribution is 5.84. The van der Waals surface area contributed by atoms with E-state index in [2.05, 4.69) is 0 Å². The molecule has 1 atom stereocenters. The Kier molecular flexibility index (Phi) is 4.82. The molecule has 0 radical (unpaired) electrons. The van der Waals surface area contributed by atoms with E-state index in [-0.39, 0.29) is 24.9 Å². The summed E-state index contributed by atoms with van der Waals surface area (Å²) >= 11 is 0. The molecule has 24 heavy (non-hydrogen) atoms. The minimum absolute atomic E-state index is 0.160. The summed E-state index contributed by atoms with van der Waals surface area (Å²) in [6, 6.07) is 3.17. The minimum atomic E-state index is -1.63. The van der Waals surface area contributed by atoms with E-state index in [0.29, 0.717) is 6.42 Å². The molecule has 0 aliphatic carbocycles. The van der Waals surface area contributed by atoms with Crippen LogP contribution < -0.4 is 5.11 Å². The zero-order valence-electron chi connectivity index (χ0n) is 13.9. The van der Waals surface area contributed by atoms with Crippen LogP contribution in [0, 0.1) is 11.6 Å². The van der Waals surface area contributed by atoms with Crippen LogP contribution in [-0.2, 0) is 16.0 Å². The number of likely N-dealkylation sites (tertiary alicyclic amines) is 1. The van der Waals surface area contributed by atoms with Crippen molar-refractivity contribution in [2.45, 2.75) is 51.2 Å². The maximum absolute atomic E-state index is 13.4. The van der Waals surface area contributed by atoms with Gasteiger partial charge in [-0.25, -0.2) is 13.6 Å². The molecule has 0 bridgehead atoms. The summed E-state index contributed by atoms with van der Waals surface area (Å²) in [6.45, 7) is 5.23. The van der Waals surface area contributed by atoms with Crippen LogP contribution in [0.25, 0.3) is 0 Å². The number of carbonyl (C=O) groups excluding carboxylic acids is 2. The van der Waals surface area contributed by atoms with E-state index in [1.165, 1.54) is 6.07 Å². The average molecular weight is 340 g/mol. The normalized spacial score (nSPS) is 21.0. The average Bonchev–Trinajstić information content (AvgIpc) is 2.86. The Morgan fingerprint density at radius 2 is 1.96 bits per heavy atom. The van der Waals surface area contributed by atoms with Crippen molar-refractivity contribution in [1.82, 2.24) is 4.90 Å². The molecule has 0 N–H and O–H groups in total. The van der Waals surface area contributed by atoms with Gasteiger partial charge in [0.2, 0.25) is 0 Å². The monoisotopic (exact) mass is 340 g/mol. The van der Waals surface area contributed by atoms with Crippen LogP contribution >= 0.6 is 0 Å². The van der Waals surface area contributed by atoms with Gasteiger partial charge >= 0.3 is 6.09 Å². The van der Waals surface area contributed by atoms with Crippen molar-refractivity contribution in [1.29, 1.82) is 0 Å². The first-order chi connectivity index (χ1) is 11.0. The predicted molar refractivity (Wildman–Crippen MR) is 80.0 cm³/mol. The lowest BCUT2D eigenvalue weighted by molar-refractivity contribution is -0.317. The van der Waals surface area contributed by atoms with Crippen molar-refractivity contribution in [3.8, 4) is 0 Å². The Morgan fingerprint density at radius 1 is 1.29 bits per heavy atom. The van der Waals surface area contributed by atoms with Crippen molar-refractivity contribution >= 4 is 12.1 Å². The number of rotatable bonds is 3. The third-order valence-corrected chi connectivity index (χ3v) is 3.96. The Bertz CT molecular complexity index is 656. The summed E-state index contributed by atoms with van der Waals surface area (Å²) < 4.78 is 31.8. The van der Waals surface area contributed by atoms with Crippen LogP contribution in [0.1, 0.15) is 39.2 Å². The molecule has 0 aromatic heterocycles. The van der Waals surface area contributed by atoms with Gasteiger partial charge in [-0.2, -0.15) is 0 Å². The van der Waals surface area contributed by atoms with Gasteiger partial charge < -0.3 is 14.6 Å². The number of aliphatic carboxylic acids is 1. The lowest BCUT2D eigenvalue weighted by Gasteiger charge is -2.40. The van der Waals surface area contributed by atoms with Gasteiger partial charge in [-0.1, -0.05) is 6.07 Å². The van der Waals surface area contributed by atoms with Gasteiger partial charge in [-0.05, 0) is 51.3 Å². The molecule has 0 spiro atoms. The molecule has 1 amide bonds. The maximum Gasteiger partial charge on any atom is 0.411 e. The van der Waals surface area contributed by atoms with Crippen molar-refractivity contribution in [2.24, 2.45) is 0 Å². The summed E-state index contributed by atoms with van der Waals surface area (Å²) in [5.74, 6) is -3.52. The van der Waals surface area contributed by atoms with Crippen molar-refractivity contribution in [3.05, 3.63) is 35.4 Å². The topological polar surface area (TPSA) is 69.7 Å². The Labute approximate surface area is 139 Å². The Morgan fingerprint density at radius 3 is 2.50 bits per heavy atom. The Balaban J connectivity index is 2.33. The molecule has 1 aromatic rings. The number of carboxylic acid groups (broad SMARTS) is 1. The van der Waals surface area contributed by atoms with E-state index in [9.17, 15) is 23.5 Å². The lowest BCUT2D eigenvalue weighted by atomic mass is 9.88. The molecule has 2 rings (SSSR count). The number of carboxylic acids is 1. The van der Waals surface area contributed by atoms with E-state index in [1.807, 2.05) is 0 Å². The predicted octanol–water partition coefficient (Wildman–Crippen LogP) is 2.03. The molecular formula is C17H20F2NO4-. The first-order valence-corrected chi connectivity index (χ1v) is 7.71. The van der Waals surface area contributed by atoms with E-state index in [4.69, 9.17) is 4.74 Å². The van der Waals surface area contributed by atoms with Crippen molar-refractivity contribution < 1.29 is 28.2 Å². The fourth-order valence-electron chi connectivity index (χ4n) is 2.92. The largest absolute Gasteiger partial charge is 0.548 e. The highest BCUT2D eigenvalue weighted by Crippen LogP contribution is 2.34. The van der Waals surface area contributed by atoms with E-state index >= 15 is 0 Å². The molecule has 1 aliphatic heterocycles. The van der Waals surface area contributed by atoms with Gasteiger partial charge in [0, 0.05) is 13.0 Å². The van der Waals surface area contributed by atoms with Crippen molar-refractivity contribution in [3.63, 3.8) is 0 Å². The second-order valence-corrected chi connectivity index (χ2v) is 6.98. The molecule has 7 heteroatoms. The molecule has 0 unspecified atom stereocenters. The smallest absolute Gasteiger partial charge is 0.411 e. The van der Waals surface area contributed by atoms with Crippen LogP contribution in [0.15, 0.2) is 18.2 Å². The molecule has 1 aromatic carbocycles. The molecule has 1 aliphatic rings. The van der Waals surface area contributed by atoms with Crippen LogP contribution in [-0.4, -0.2) is 34.6 Å². The fourth-order valence-corrected chi connectivity index (χ4v) is 2.92. The van der Waals surface area contributed by atoms with Crippen LogP contribution in [0.2, 0.25) is 0 Å². The quantitative estimate of drug-likeness (QED) is 0.844. The van der Waals surface area contributed by atoms with Crippen LogP contribution in [0.5, 0.6) is 0 Å². The molecule has 1 fully saturated rings. The number of carbonyl (C=O) groups is 2. The third kappa shape index (κ3) is 3.66. The van der Waals surface area contributed by atoms with E-state index in [0.717, 1.165) is 17.0 Å². The summed E-state index contributed by atoms with van der Waals surface area (Å²) in [5, 5.41) is 11.8. The number of amides is 1. The minimum Gasteiger partial charge on any atom is -0.548 e. The SMILES string of the molecule is CC(C)(C)OC(=O)N1CCC[C@@]1(Cc1ccc(F)c(F)c1)C(=O)[O-]. The standard InChI is InChI=1S/C17H21F2NO4/c1-16(2,3)24-15(23)20-8-4-7-17(20,14(21)22)10-11-5-6-12(18)13(19)9-11/h5-6,9H,4,7-8,10H2,1-3H3,(H,21,22)/p-1/t17-/m1/s1. The number of hydrogen-bond acceptors (Lipinski definition) is 4. The van der Waals surface area contributed by atoms with Gasteiger partial charge in [-0.3, -0.25) is 4.90 Å². The fraction of sp³-hybridized carbons (Fsp3) is 0.529. The van der Waals surface area contributed by atoms with Gasteiger partial charge in [0.1, 0.15) is 5.60 Å².